The molecule has 1 fully saturated rings. The zero-order chi connectivity index (χ0) is 13.9. The number of rotatable bonds is 1. The molecule has 1 spiro atoms. The summed E-state index contributed by atoms with van der Waals surface area (Å²) in [6.07, 6.45) is 3.47. The molecule has 1 saturated carbocycles. The standard InChI is InChI=1S/C14H9Cl2N3O/c15-10-6-17-13(16)18-11(10)7-1-2-9-8(5-7)12(20)19-14(9)3-4-14/h1-2,5-6H,3-4H2,(H,19,20). The van der Waals surface area contributed by atoms with Crippen LogP contribution in [0.15, 0.2) is 24.4 Å². The van der Waals surface area contributed by atoms with E-state index in [4.69, 9.17) is 23.2 Å². The van der Waals surface area contributed by atoms with E-state index in [2.05, 4.69) is 15.3 Å². The number of hydrogen-bond donors (Lipinski definition) is 1. The summed E-state index contributed by atoms with van der Waals surface area (Å²) in [5, 5.41) is 3.59. The second kappa shape index (κ2) is 3.93. The normalized spacial score (nSPS) is 18.0. The molecule has 0 saturated heterocycles. The van der Waals surface area contributed by atoms with Crippen LogP contribution in [0.25, 0.3) is 11.3 Å². The highest BCUT2D eigenvalue weighted by Gasteiger charge is 2.51. The van der Waals surface area contributed by atoms with Crippen LogP contribution < -0.4 is 5.32 Å². The van der Waals surface area contributed by atoms with Gasteiger partial charge in [0.1, 0.15) is 0 Å². The van der Waals surface area contributed by atoms with Crippen LogP contribution in [0.4, 0.5) is 0 Å². The van der Waals surface area contributed by atoms with Gasteiger partial charge in [-0.2, -0.15) is 0 Å². The molecule has 4 rings (SSSR count). The first-order valence-electron chi connectivity index (χ1n) is 6.24. The van der Waals surface area contributed by atoms with E-state index in [9.17, 15) is 4.79 Å². The third-order valence-electron chi connectivity index (χ3n) is 3.87. The van der Waals surface area contributed by atoms with Gasteiger partial charge in [-0.25, -0.2) is 9.97 Å². The van der Waals surface area contributed by atoms with E-state index < -0.39 is 0 Å². The summed E-state index contributed by atoms with van der Waals surface area (Å²) in [6.45, 7) is 0. The third-order valence-corrected chi connectivity index (χ3v) is 4.33. The molecular formula is C14H9Cl2N3O. The lowest BCUT2D eigenvalue weighted by atomic mass is 9.99. The van der Waals surface area contributed by atoms with E-state index in [0.29, 0.717) is 16.3 Å². The van der Waals surface area contributed by atoms with Crippen molar-refractivity contribution in [3.05, 3.63) is 45.8 Å². The minimum Gasteiger partial charge on any atom is -0.342 e. The van der Waals surface area contributed by atoms with Crippen LogP contribution in [0.2, 0.25) is 10.3 Å². The van der Waals surface area contributed by atoms with Crippen LogP contribution in [0, 0.1) is 0 Å². The van der Waals surface area contributed by atoms with Crippen molar-refractivity contribution in [1.82, 2.24) is 15.3 Å². The van der Waals surface area contributed by atoms with Gasteiger partial charge >= 0.3 is 0 Å². The quantitative estimate of drug-likeness (QED) is 0.823. The second-order valence-electron chi connectivity index (χ2n) is 5.13. The van der Waals surface area contributed by atoms with E-state index in [-0.39, 0.29) is 16.7 Å². The van der Waals surface area contributed by atoms with Crippen LogP contribution in [-0.2, 0) is 5.54 Å². The predicted molar refractivity (Wildman–Crippen MR) is 75.9 cm³/mol. The molecule has 2 aliphatic rings. The Labute approximate surface area is 125 Å². The Hall–Kier alpha value is -1.65. The first kappa shape index (κ1) is 12.1. The number of carbonyl (C=O) groups is 1. The maximum Gasteiger partial charge on any atom is 0.252 e. The highest BCUT2D eigenvalue weighted by molar-refractivity contribution is 6.33. The van der Waals surface area contributed by atoms with E-state index >= 15 is 0 Å². The summed E-state index contributed by atoms with van der Waals surface area (Å²) in [7, 11) is 0. The largest absolute Gasteiger partial charge is 0.342 e. The second-order valence-corrected chi connectivity index (χ2v) is 5.88. The SMILES string of the molecule is O=C1NC2(CC2)c2ccc(-c3nc(Cl)ncc3Cl)cc21. The Morgan fingerprint density at radius 3 is 2.80 bits per heavy atom. The van der Waals surface area contributed by atoms with Crippen molar-refractivity contribution in [3.8, 4) is 11.3 Å². The van der Waals surface area contributed by atoms with Gasteiger partial charge in [-0.3, -0.25) is 4.79 Å². The molecule has 6 heteroatoms. The van der Waals surface area contributed by atoms with Crippen molar-refractivity contribution in [3.63, 3.8) is 0 Å². The van der Waals surface area contributed by atoms with Crippen molar-refractivity contribution in [2.45, 2.75) is 18.4 Å². The maximum absolute atomic E-state index is 12.1. The van der Waals surface area contributed by atoms with Gasteiger partial charge in [0.15, 0.2) is 0 Å². The molecule has 0 bridgehead atoms. The summed E-state index contributed by atoms with van der Waals surface area (Å²) in [4.78, 5) is 20.0. The number of aromatic nitrogens is 2. The zero-order valence-corrected chi connectivity index (χ0v) is 11.8. The van der Waals surface area contributed by atoms with Gasteiger partial charge in [-0.1, -0.05) is 23.7 Å². The number of nitrogens with one attached hydrogen (secondary N) is 1. The minimum absolute atomic E-state index is 0.0318. The van der Waals surface area contributed by atoms with Crippen LogP contribution in [-0.4, -0.2) is 15.9 Å². The molecule has 1 aromatic carbocycles. The lowest BCUT2D eigenvalue weighted by Crippen LogP contribution is -2.25. The van der Waals surface area contributed by atoms with Crippen molar-refractivity contribution in [1.29, 1.82) is 0 Å². The molecule has 1 N–H and O–H groups in total. The number of halogens is 2. The van der Waals surface area contributed by atoms with Gasteiger partial charge in [0.25, 0.3) is 5.91 Å². The van der Waals surface area contributed by atoms with Crippen LogP contribution in [0.5, 0.6) is 0 Å². The van der Waals surface area contributed by atoms with Gasteiger partial charge in [0, 0.05) is 11.1 Å². The average molecular weight is 306 g/mol. The fraction of sp³-hybridized carbons (Fsp3) is 0.214. The number of hydrogen-bond acceptors (Lipinski definition) is 3. The third kappa shape index (κ3) is 1.65. The molecule has 100 valence electrons. The Morgan fingerprint density at radius 2 is 2.05 bits per heavy atom. The average Bonchev–Trinajstić information content (AvgIpc) is 3.15. The number of fused-ring (bicyclic) bond motifs is 2. The van der Waals surface area contributed by atoms with Crippen LogP contribution >= 0.6 is 23.2 Å². The molecule has 2 heterocycles. The van der Waals surface area contributed by atoms with E-state index in [1.165, 1.54) is 6.20 Å². The van der Waals surface area contributed by atoms with Gasteiger partial charge in [-0.05, 0) is 36.1 Å². The first-order valence-corrected chi connectivity index (χ1v) is 7.00. The predicted octanol–water partition coefficient (Wildman–Crippen LogP) is 3.18. The number of carbonyl (C=O) groups excluding carboxylic acids is 1. The molecule has 1 aromatic heterocycles. The summed E-state index contributed by atoms with van der Waals surface area (Å²) in [6, 6.07) is 5.72. The van der Waals surface area contributed by atoms with Crippen molar-refractivity contribution < 1.29 is 4.79 Å². The zero-order valence-electron chi connectivity index (χ0n) is 10.3. The summed E-state index contributed by atoms with van der Waals surface area (Å²) >= 11 is 11.9. The summed E-state index contributed by atoms with van der Waals surface area (Å²) in [5.74, 6) is -0.0318. The fourth-order valence-corrected chi connectivity index (χ4v) is 3.05. The lowest BCUT2D eigenvalue weighted by molar-refractivity contribution is 0.0952. The van der Waals surface area contributed by atoms with Crippen molar-refractivity contribution >= 4 is 29.1 Å². The molecule has 1 aliphatic heterocycles. The number of amides is 1. The Morgan fingerprint density at radius 1 is 1.25 bits per heavy atom. The van der Waals surface area contributed by atoms with E-state index in [0.717, 1.165) is 24.0 Å². The first-order chi connectivity index (χ1) is 9.59. The molecule has 0 atom stereocenters. The number of nitrogens with zero attached hydrogens (tertiary/aromatic N) is 2. The number of benzene rings is 1. The molecule has 0 radical (unpaired) electrons. The van der Waals surface area contributed by atoms with Gasteiger partial charge in [0.2, 0.25) is 5.28 Å². The summed E-state index contributed by atoms with van der Waals surface area (Å²) < 4.78 is 0. The van der Waals surface area contributed by atoms with E-state index in [1.807, 2.05) is 18.2 Å². The molecule has 20 heavy (non-hydrogen) atoms. The Balaban J connectivity index is 1.87. The Bertz CT molecular complexity index is 756. The molecule has 1 amide bonds. The van der Waals surface area contributed by atoms with Crippen molar-refractivity contribution in [2.75, 3.05) is 0 Å². The maximum atomic E-state index is 12.1. The molecular weight excluding hydrogens is 297 g/mol. The molecule has 1 aliphatic carbocycles. The fourth-order valence-electron chi connectivity index (χ4n) is 2.72. The van der Waals surface area contributed by atoms with Crippen LogP contribution in [0.1, 0.15) is 28.8 Å². The molecule has 2 aromatic rings. The summed E-state index contributed by atoms with van der Waals surface area (Å²) in [5.41, 5.74) is 2.97. The monoisotopic (exact) mass is 305 g/mol. The van der Waals surface area contributed by atoms with Gasteiger partial charge < -0.3 is 5.32 Å². The van der Waals surface area contributed by atoms with Crippen LogP contribution in [0.3, 0.4) is 0 Å². The van der Waals surface area contributed by atoms with Gasteiger partial charge in [0.05, 0.1) is 22.5 Å². The van der Waals surface area contributed by atoms with E-state index in [1.54, 1.807) is 0 Å². The lowest BCUT2D eigenvalue weighted by Gasteiger charge is -2.08. The Kier molecular flexibility index (Phi) is 2.38. The van der Waals surface area contributed by atoms with Crippen molar-refractivity contribution in [2.24, 2.45) is 0 Å². The minimum atomic E-state index is -0.113. The smallest absolute Gasteiger partial charge is 0.252 e. The molecule has 0 unspecified atom stereocenters. The topological polar surface area (TPSA) is 54.9 Å². The highest BCUT2D eigenvalue weighted by Crippen LogP contribution is 2.50. The highest BCUT2D eigenvalue weighted by atomic mass is 35.5. The molecule has 4 nitrogen and oxygen atoms in total. The van der Waals surface area contributed by atoms with Gasteiger partial charge in [-0.15, -0.1) is 0 Å².